The molecule has 1 saturated heterocycles. The van der Waals surface area contributed by atoms with Crippen molar-refractivity contribution in [1.82, 2.24) is 24.8 Å². The third kappa shape index (κ3) is 4.99. The van der Waals surface area contributed by atoms with E-state index in [9.17, 15) is 4.79 Å². The summed E-state index contributed by atoms with van der Waals surface area (Å²) in [6, 6.07) is 8.71. The summed E-state index contributed by atoms with van der Waals surface area (Å²) in [4.78, 5) is 31.3. The van der Waals surface area contributed by atoms with Crippen LogP contribution in [-0.2, 0) is 4.79 Å². The zero-order valence-corrected chi connectivity index (χ0v) is 18.2. The lowest BCUT2D eigenvalue weighted by atomic mass is 9.88. The van der Waals surface area contributed by atoms with E-state index in [-0.39, 0.29) is 18.0 Å². The molecule has 3 aromatic rings. The normalized spacial score (nSPS) is 19.3. The van der Waals surface area contributed by atoms with Crippen LogP contribution in [-0.4, -0.2) is 37.3 Å². The van der Waals surface area contributed by atoms with Crippen molar-refractivity contribution in [1.29, 1.82) is 0 Å². The van der Waals surface area contributed by atoms with Crippen LogP contribution in [0, 0.1) is 13.8 Å². The van der Waals surface area contributed by atoms with E-state index in [2.05, 4.69) is 46.2 Å². The second-order valence-corrected chi connectivity index (χ2v) is 8.20. The second kappa shape index (κ2) is 9.83. The number of amides is 1. The molecule has 7 nitrogen and oxygen atoms in total. The predicted octanol–water partition coefficient (Wildman–Crippen LogP) is 4.50. The Morgan fingerprint density at radius 1 is 1.03 bits per heavy atom. The number of H-pyrrole nitrogens is 1. The Morgan fingerprint density at radius 2 is 1.68 bits per heavy atom. The lowest BCUT2D eigenvalue weighted by molar-refractivity contribution is -0.116. The molecule has 0 aliphatic carbocycles. The van der Waals surface area contributed by atoms with Crippen molar-refractivity contribution in [2.45, 2.75) is 58.0 Å². The topological polar surface area (TPSA) is 86.8 Å². The average Bonchev–Trinajstić information content (AvgIpc) is 3.28. The van der Waals surface area contributed by atoms with Crippen LogP contribution in [0.2, 0.25) is 0 Å². The van der Waals surface area contributed by atoms with Crippen LogP contribution in [0.5, 0.6) is 0 Å². The molecule has 0 radical (unpaired) electrons. The molecular formula is C24H30N6O. The van der Waals surface area contributed by atoms with E-state index in [0.29, 0.717) is 12.4 Å². The summed E-state index contributed by atoms with van der Waals surface area (Å²) in [6.45, 7) is 5.08. The van der Waals surface area contributed by atoms with E-state index in [4.69, 9.17) is 9.97 Å². The van der Waals surface area contributed by atoms with E-state index in [0.717, 1.165) is 43.6 Å². The number of rotatable bonds is 7. The SMILES string of the molecule is Cc1cccnc1[C@H]1CCC[C@@H](c2ncccc2C)N1CCCC(=O)Nc1ncc[nH]1. The minimum absolute atomic E-state index is 0.0249. The molecule has 1 fully saturated rings. The Kier molecular flexibility index (Phi) is 6.72. The molecule has 162 valence electrons. The van der Waals surface area contributed by atoms with Crippen LogP contribution in [0.3, 0.4) is 0 Å². The van der Waals surface area contributed by atoms with Gasteiger partial charge in [0.15, 0.2) is 0 Å². The van der Waals surface area contributed by atoms with Gasteiger partial charge in [-0.1, -0.05) is 12.1 Å². The van der Waals surface area contributed by atoms with E-state index in [1.54, 1.807) is 12.4 Å². The van der Waals surface area contributed by atoms with Gasteiger partial charge in [-0.2, -0.15) is 0 Å². The minimum atomic E-state index is -0.0249. The van der Waals surface area contributed by atoms with Crippen molar-refractivity contribution >= 4 is 11.9 Å². The quantitative estimate of drug-likeness (QED) is 0.590. The monoisotopic (exact) mass is 418 g/mol. The Bertz CT molecular complexity index is 949. The maximum Gasteiger partial charge on any atom is 0.226 e. The van der Waals surface area contributed by atoms with Crippen LogP contribution >= 0.6 is 0 Å². The molecule has 3 aromatic heterocycles. The number of likely N-dealkylation sites (tertiary alicyclic amines) is 1. The third-order valence-corrected chi connectivity index (χ3v) is 6.06. The van der Waals surface area contributed by atoms with Gasteiger partial charge in [-0.05, 0) is 69.3 Å². The first-order chi connectivity index (χ1) is 15.1. The highest BCUT2D eigenvalue weighted by molar-refractivity contribution is 5.88. The van der Waals surface area contributed by atoms with Gasteiger partial charge in [-0.3, -0.25) is 25.0 Å². The highest BCUT2D eigenvalue weighted by atomic mass is 16.1. The molecule has 0 spiro atoms. The van der Waals surface area contributed by atoms with Crippen molar-refractivity contribution in [3.8, 4) is 0 Å². The van der Waals surface area contributed by atoms with Crippen molar-refractivity contribution in [2.75, 3.05) is 11.9 Å². The smallest absolute Gasteiger partial charge is 0.226 e. The third-order valence-electron chi connectivity index (χ3n) is 6.06. The first-order valence-corrected chi connectivity index (χ1v) is 11.0. The Morgan fingerprint density at radius 3 is 2.23 bits per heavy atom. The second-order valence-electron chi connectivity index (χ2n) is 8.20. The summed E-state index contributed by atoms with van der Waals surface area (Å²) in [7, 11) is 0. The van der Waals surface area contributed by atoms with Crippen LogP contribution in [0.25, 0.3) is 0 Å². The molecule has 4 rings (SSSR count). The number of hydrogen-bond acceptors (Lipinski definition) is 5. The largest absolute Gasteiger partial charge is 0.331 e. The predicted molar refractivity (Wildman–Crippen MR) is 120 cm³/mol. The molecule has 4 heterocycles. The van der Waals surface area contributed by atoms with Crippen LogP contribution in [0.1, 0.15) is 66.7 Å². The van der Waals surface area contributed by atoms with Gasteiger partial charge in [-0.25, -0.2) is 4.98 Å². The number of aromatic nitrogens is 4. The first kappa shape index (κ1) is 21.2. The lowest BCUT2D eigenvalue weighted by Gasteiger charge is -2.42. The Labute approximate surface area is 183 Å². The highest BCUT2D eigenvalue weighted by Gasteiger charge is 2.34. The van der Waals surface area contributed by atoms with E-state index in [1.807, 2.05) is 24.5 Å². The van der Waals surface area contributed by atoms with Gasteiger partial charge in [0, 0.05) is 31.2 Å². The molecule has 0 aromatic carbocycles. The first-order valence-electron chi connectivity index (χ1n) is 11.0. The number of aromatic amines is 1. The van der Waals surface area contributed by atoms with Crippen LogP contribution in [0.15, 0.2) is 49.1 Å². The summed E-state index contributed by atoms with van der Waals surface area (Å²) in [5.74, 6) is 0.468. The number of carbonyl (C=O) groups excluding carboxylic acids is 1. The molecule has 0 bridgehead atoms. The molecule has 2 N–H and O–H groups in total. The summed E-state index contributed by atoms with van der Waals surface area (Å²) < 4.78 is 0. The number of anilines is 1. The van der Waals surface area contributed by atoms with Gasteiger partial charge in [0.2, 0.25) is 11.9 Å². The molecule has 1 aliphatic rings. The maximum absolute atomic E-state index is 12.3. The van der Waals surface area contributed by atoms with E-state index < -0.39 is 0 Å². The fourth-order valence-electron chi connectivity index (χ4n) is 4.60. The van der Waals surface area contributed by atoms with Crippen molar-refractivity contribution in [3.05, 3.63) is 71.6 Å². The minimum Gasteiger partial charge on any atom is -0.331 e. The number of aryl methyl sites for hydroxylation is 2. The molecule has 1 aliphatic heterocycles. The van der Waals surface area contributed by atoms with E-state index in [1.165, 1.54) is 11.1 Å². The fourth-order valence-corrected chi connectivity index (χ4v) is 4.60. The van der Waals surface area contributed by atoms with Crippen molar-refractivity contribution in [3.63, 3.8) is 0 Å². The summed E-state index contributed by atoms with van der Waals surface area (Å²) >= 11 is 0. The van der Waals surface area contributed by atoms with Gasteiger partial charge in [-0.15, -0.1) is 0 Å². The number of piperidine rings is 1. The average molecular weight is 419 g/mol. The standard InChI is InChI=1S/C24H30N6O/c1-17-7-4-12-25-22(17)19-9-3-10-20(23-18(2)8-5-13-26-23)30(19)16-6-11-21(31)29-24-27-14-15-28-24/h4-5,7-8,12-15,19-20H,3,6,9-11,16H2,1-2H3,(H2,27,28,29,31)/t19-,20+. The zero-order valence-electron chi connectivity index (χ0n) is 18.2. The maximum atomic E-state index is 12.3. The number of pyridine rings is 2. The Hall–Kier alpha value is -3.06. The number of nitrogens with zero attached hydrogens (tertiary/aromatic N) is 4. The molecule has 7 heteroatoms. The number of hydrogen-bond donors (Lipinski definition) is 2. The number of nitrogens with one attached hydrogen (secondary N) is 2. The summed E-state index contributed by atoms with van der Waals surface area (Å²) in [5.41, 5.74) is 4.71. The van der Waals surface area contributed by atoms with Gasteiger partial charge in [0.25, 0.3) is 0 Å². The zero-order chi connectivity index (χ0) is 21.6. The molecule has 0 unspecified atom stereocenters. The van der Waals surface area contributed by atoms with Gasteiger partial charge >= 0.3 is 0 Å². The highest BCUT2D eigenvalue weighted by Crippen LogP contribution is 2.42. The van der Waals surface area contributed by atoms with E-state index >= 15 is 0 Å². The summed E-state index contributed by atoms with van der Waals surface area (Å²) in [6.07, 6.45) is 11.6. The molecule has 2 atom stereocenters. The lowest BCUT2D eigenvalue weighted by Crippen LogP contribution is -2.38. The van der Waals surface area contributed by atoms with Crippen LogP contribution in [0.4, 0.5) is 5.95 Å². The molecular weight excluding hydrogens is 388 g/mol. The van der Waals surface area contributed by atoms with Gasteiger partial charge in [0.05, 0.1) is 23.5 Å². The number of carbonyl (C=O) groups is 1. The summed E-state index contributed by atoms with van der Waals surface area (Å²) in [5, 5.41) is 2.81. The fraction of sp³-hybridized carbons (Fsp3) is 0.417. The molecule has 0 saturated carbocycles. The van der Waals surface area contributed by atoms with Crippen molar-refractivity contribution < 1.29 is 4.79 Å². The van der Waals surface area contributed by atoms with Crippen LogP contribution < -0.4 is 5.32 Å². The van der Waals surface area contributed by atoms with Crippen molar-refractivity contribution in [2.24, 2.45) is 0 Å². The Balaban J connectivity index is 1.53. The van der Waals surface area contributed by atoms with Gasteiger partial charge in [0.1, 0.15) is 0 Å². The molecule has 31 heavy (non-hydrogen) atoms. The van der Waals surface area contributed by atoms with Gasteiger partial charge < -0.3 is 4.98 Å². The number of imidazole rings is 1. The molecule has 1 amide bonds.